The minimum Gasteiger partial charge on any atom is -0.332 e. The van der Waals surface area contributed by atoms with Gasteiger partial charge in [-0.25, -0.2) is 4.98 Å². The lowest BCUT2D eigenvalue weighted by atomic mass is 9.88. The smallest absolute Gasteiger partial charge is 0.254 e. The number of hydrogen-bond donors (Lipinski definition) is 1. The fraction of sp³-hybridized carbons (Fsp3) is 0.720. The highest BCUT2D eigenvalue weighted by atomic mass is 16.2. The first-order valence-electron chi connectivity index (χ1n) is 12.5. The fourth-order valence-corrected chi connectivity index (χ4v) is 6.13. The van der Waals surface area contributed by atoms with Gasteiger partial charge in [-0.1, -0.05) is 31.4 Å². The van der Waals surface area contributed by atoms with Gasteiger partial charge in [-0.3, -0.25) is 14.5 Å². The molecule has 1 N–H and O–H groups in total. The summed E-state index contributed by atoms with van der Waals surface area (Å²) in [4.78, 5) is 38.6. The van der Waals surface area contributed by atoms with Gasteiger partial charge in [0.05, 0.1) is 11.7 Å². The first-order chi connectivity index (χ1) is 15.2. The van der Waals surface area contributed by atoms with E-state index in [-0.39, 0.29) is 23.4 Å². The molecule has 3 heterocycles. The van der Waals surface area contributed by atoms with Crippen LogP contribution >= 0.6 is 0 Å². The number of nitrogens with zero attached hydrogens (tertiary/aromatic N) is 3. The van der Waals surface area contributed by atoms with Crippen molar-refractivity contribution in [1.29, 1.82) is 0 Å². The molecule has 1 saturated heterocycles. The number of allylic oxidation sites excluding steroid dienone is 2. The highest BCUT2D eigenvalue weighted by Gasteiger charge is 2.36. The van der Waals surface area contributed by atoms with Gasteiger partial charge < -0.3 is 9.88 Å². The van der Waals surface area contributed by atoms with Crippen molar-refractivity contribution in [2.45, 2.75) is 83.2 Å². The molecule has 0 aromatic carbocycles. The molecular weight excluding hydrogens is 388 g/mol. The number of aromatic nitrogens is 2. The average molecular weight is 425 g/mol. The van der Waals surface area contributed by atoms with Crippen LogP contribution in [0.3, 0.4) is 0 Å². The van der Waals surface area contributed by atoms with Crippen LogP contribution in [-0.4, -0.2) is 45.3 Å². The number of likely N-dealkylation sites (tertiary alicyclic amines) is 1. The number of carbonyl (C=O) groups excluding carboxylic acids is 1. The largest absolute Gasteiger partial charge is 0.332 e. The Balaban J connectivity index is 1.32. The quantitative estimate of drug-likeness (QED) is 0.748. The van der Waals surface area contributed by atoms with E-state index in [4.69, 9.17) is 4.98 Å². The number of rotatable bonds is 4. The SMILES string of the molecule is O=C([C@@H]1CC=CCC1)N1CCC[C@H]1c1nc2c(c(=O)[nH]1)CCN(CC1CCCCC1)C2. The number of nitrogens with one attached hydrogen (secondary N) is 1. The topological polar surface area (TPSA) is 69.3 Å². The van der Waals surface area contributed by atoms with E-state index in [9.17, 15) is 9.59 Å². The summed E-state index contributed by atoms with van der Waals surface area (Å²) in [5.41, 5.74) is 1.81. The van der Waals surface area contributed by atoms with Gasteiger partial charge in [0.25, 0.3) is 5.56 Å². The summed E-state index contributed by atoms with van der Waals surface area (Å²) in [6, 6.07) is -0.0786. The molecule has 0 bridgehead atoms. The number of aromatic amines is 1. The fourth-order valence-electron chi connectivity index (χ4n) is 6.13. The molecule has 0 spiro atoms. The number of fused-ring (bicyclic) bond motifs is 1. The van der Waals surface area contributed by atoms with E-state index in [0.717, 1.165) is 81.9 Å². The molecule has 0 radical (unpaired) electrons. The Morgan fingerprint density at radius 3 is 2.74 bits per heavy atom. The molecule has 5 rings (SSSR count). The van der Waals surface area contributed by atoms with E-state index in [2.05, 4.69) is 22.0 Å². The van der Waals surface area contributed by atoms with Crippen LogP contribution in [0, 0.1) is 11.8 Å². The normalized spacial score (nSPS) is 27.4. The van der Waals surface area contributed by atoms with Crippen LogP contribution in [0.25, 0.3) is 0 Å². The Labute approximate surface area is 185 Å². The summed E-state index contributed by atoms with van der Waals surface area (Å²) < 4.78 is 0. The van der Waals surface area contributed by atoms with Crippen molar-refractivity contribution >= 4 is 5.91 Å². The highest BCUT2D eigenvalue weighted by molar-refractivity contribution is 5.80. The summed E-state index contributed by atoms with van der Waals surface area (Å²) in [5.74, 6) is 1.83. The van der Waals surface area contributed by atoms with E-state index in [1.54, 1.807) is 0 Å². The highest BCUT2D eigenvalue weighted by Crippen LogP contribution is 2.34. The maximum atomic E-state index is 13.2. The Kier molecular flexibility index (Phi) is 6.26. The zero-order chi connectivity index (χ0) is 21.2. The van der Waals surface area contributed by atoms with Crippen molar-refractivity contribution < 1.29 is 4.79 Å². The molecule has 31 heavy (non-hydrogen) atoms. The zero-order valence-corrected chi connectivity index (χ0v) is 18.7. The lowest BCUT2D eigenvalue weighted by molar-refractivity contribution is -0.136. The van der Waals surface area contributed by atoms with Crippen LogP contribution in [0.5, 0.6) is 0 Å². The number of H-pyrrole nitrogens is 1. The monoisotopic (exact) mass is 424 g/mol. The predicted octanol–water partition coefficient (Wildman–Crippen LogP) is 3.73. The first kappa shape index (κ1) is 20.9. The molecule has 168 valence electrons. The molecule has 1 saturated carbocycles. The summed E-state index contributed by atoms with van der Waals surface area (Å²) in [5, 5.41) is 0. The number of amides is 1. The third-order valence-electron chi connectivity index (χ3n) is 7.88. The molecule has 0 unspecified atom stereocenters. The van der Waals surface area contributed by atoms with Gasteiger partial charge in [0.2, 0.25) is 5.91 Å². The molecule has 4 aliphatic rings. The molecule has 2 aliphatic heterocycles. The van der Waals surface area contributed by atoms with Gasteiger partial charge in [0.15, 0.2) is 0 Å². The molecule has 6 nitrogen and oxygen atoms in total. The summed E-state index contributed by atoms with van der Waals surface area (Å²) >= 11 is 0. The molecule has 2 atom stereocenters. The lowest BCUT2D eigenvalue weighted by Crippen LogP contribution is -2.40. The maximum absolute atomic E-state index is 13.2. The third-order valence-corrected chi connectivity index (χ3v) is 7.88. The average Bonchev–Trinajstić information content (AvgIpc) is 3.29. The predicted molar refractivity (Wildman–Crippen MR) is 121 cm³/mol. The second-order valence-electron chi connectivity index (χ2n) is 10.0. The van der Waals surface area contributed by atoms with Gasteiger partial charge in [-0.05, 0) is 57.3 Å². The molecule has 1 aromatic heterocycles. The van der Waals surface area contributed by atoms with E-state index in [0.29, 0.717) is 5.82 Å². The Morgan fingerprint density at radius 1 is 1.06 bits per heavy atom. The van der Waals surface area contributed by atoms with Gasteiger partial charge in [-0.2, -0.15) is 0 Å². The van der Waals surface area contributed by atoms with E-state index < -0.39 is 0 Å². The van der Waals surface area contributed by atoms with Crippen molar-refractivity contribution in [3.8, 4) is 0 Å². The Hall–Kier alpha value is -1.95. The van der Waals surface area contributed by atoms with Gasteiger partial charge in [0.1, 0.15) is 5.82 Å². The molecule has 2 aliphatic carbocycles. The van der Waals surface area contributed by atoms with E-state index >= 15 is 0 Å². The van der Waals surface area contributed by atoms with Crippen LogP contribution < -0.4 is 5.56 Å². The molecule has 1 aromatic rings. The summed E-state index contributed by atoms with van der Waals surface area (Å²) in [7, 11) is 0. The van der Waals surface area contributed by atoms with Crippen LogP contribution in [0.1, 0.15) is 87.3 Å². The minimum atomic E-state index is -0.0786. The second-order valence-corrected chi connectivity index (χ2v) is 10.0. The van der Waals surface area contributed by atoms with E-state index in [1.807, 2.05) is 4.90 Å². The summed E-state index contributed by atoms with van der Waals surface area (Å²) in [6.07, 6.45) is 16.5. The minimum absolute atomic E-state index is 0.0113. The van der Waals surface area contributed by atoms with E-state index in [1.165, 1.54) is 32.1 Å². The van der Waals surface area contributed by atoms with Crippen molar-refractivity contribution in [3.63, 3.8) is 0 Å². The zero-order valence-electron chi connectivity index (χ0n) is 18.7. The van der Waals surface area contributed by atoms with Gasteiger partial charge >= 0.3 is 0 Å². The van der Waals surface area contributed by atoms with Crippen LogP contribution in [-0.2, 0) is 17.8 Å². The molecule has 1 amide bonds. The van der Waals surface area contributed by atoms with Crippen LogP contribution in [0.15, 0.2) is 16.9 Å². The summed E-state index contributed by atoms with van der Waals surface area (Å²) in [6.45, 7) is 3.64. The lowest BCUT2D eigenvalue weighted by Gasteiger charge is -2.33. The van der Waals surface area contributed by atoms with Crippen molar-refractivity contribution in [2.24, 2.45) is 11.8 Å². The first-order valence-corrected chi connectivity index (χ1v) is 12.5. The van der Waals surface area contributed by atoms with Crippen molar-refractivity contribution in [2.75, 3.05) is 19.6 Å². The number of hydrogen-bond acceptors (Lipinski definition) is 4. The van der Waals surface area contributed by atoms with Crippen molar-refractivity contribution in [3.05, 3.63) is 39.6 Å². The van der Waals surface area contributed by atoms with Crippen molar-refractivity contribution in [1.82, 2.24) is 19.8 Å². The second kappa shape index (κ2) is 9.27. The van der Waals surface area contributed by atoms with Crippen LogP contribution in [0.4, 0.5) is 0 Å². The molecule has 6 heteroatoms. The van der Waals surface area contributed by atoms with Crippen LogP contribution in [0.2, 0.25) is 0 Å². The maximum Gasteiger partial charge on any atom is 0.254 e. The standard InChI is InChI=1S/C25H36N4O2/c30-24-20-13-15-28(16-18-8-3-1-4-9-18)17-21(20)26-23(27-24)22-12-7-14-29(22)25(31)19-10-5-2-6-11-19/h2,5,18-19,22H,1,3-4,6-17H2,(H,26,27,30)/t19-,22+/m1/s1. The Bertz CT molecular complexity index is 886. The molecule has 2 fully saturated rings. The molecular formula is C25H36N4O2. The number of carbonyl (C=O) groups is 1. The van der Waals surface area contributed by atoms with Gasteiger partial charge in [0, 0.05) is 37.7 Å². The Morgan fingerprint density at radius 2 is 1.94 bits per heavy atom. The third kappa shape index (κ3) is 4.50. The van der Waals surface area contributed by atoms with Gasteiger partial charge in [-0.15, -0.1) is 0 Å².